The lowest BCUT2D eigenvalue weighted by molar-refractivity contribution is -0.132. The number of rotatable bonds is 7. The Morgan fingerprint density at radius 1 is 0.838 bits per heavy atom. The van der Waals surface area contributed by atoms with E-state index in [9.17, 15) is 19.5 Å². The highest BCUT2D eigenvalue weighted by molar-refractivity contribution is 6.51. The van der Waals surface area contributed by atoms with Gasteiger partial charge >= 0.3 is 5.97 Å². The molecule has 190 valence electrons. The first-order valence-corrected chi connectivity index (χ1v) is 11.2. The molecule has 0 spiro atoms. The Labute approximate surface area is 213 Å². The summed E-state index contributed by atoms with van der Waals surface area (Å²) in [5.74, 6) is -1.72. The molecule has 0 saturated carbocycles. The van der Waals surface area contributed by atoms with Crippen molar-refractivity contribution < 1.29 is 38.4 Å². The molecule has 1 unspecified atom stereocenters. The zero-order chi connectivity index (χ0) is 26.7. The van der Waals surface area contributed by atoms with Gasteiger partial charge < -0.3 is 24.1 Å². The Morgan fingerprint density at radius 3 is 2.03 bits per heavy atom. The maximum atomic E-state index is 13.5. The molecule has 0 bridgehead atoms. The number of carbonyl (C=O) groups is 3. The average Bonchev–Trinajstić information content (AvgIpc) is 3.21. The lowest BCUT2D eigenvalue weighted by atomic mass is 9.94. The highest BCUT2D eigenvalue weighted by atomic mass is 16.5. The summed E-state index contributed by atoms with van der Waals surface area (Å²) < 4.78 is 20.9. The molecule has 1 atom stereocenters. The van der Waals surface area contributed by atoms with E-state index in [-0.39, 0.29) is 28.2 Å². The third-order valence-corrected chi connectivity index (χ3v) is 6.09. The molecule has 4 rings (SSSR count). The summed E-state index contributed by atoms with van der Waals surface area (Å²) in [6.07, 6.45) is 0. The fraction of sp³-hybridized carbons (Fsp3) is 0.179. The third-order valence-electron chi connectivity index (χ3n) is 6.09. The Hall–Kier alpha value is -4.79. The number of benzene rings is 3. The minimum absolute atomic E-state index is 0.138. The van der Waals surface area contributed by atoms with Gasteiger partial charge in [0.25, 0.3) is 11.7 Å². The zero-order valence-corrected chi connectivity index (χ0v) is 20.7. The number of esters is 1. The zero-order valence-electron chi connectivity index (χ0n) is 20.7. The largest absolute Gasteiger partial charge is 0.506 e. The second-order valence-corrected chi connectivity index (χ2v) is 8.02. The van der Waals surface area contributed by atoms with Crippen molar-refractivity contribution >= 4 is 29.1 Å². The van der Waals surface area contributed by atoms with Crippen molar-refractivity contribution in [3.63, 3.8) is 0 Å². The van der Waals surface area contributed by atoms with Gasteiger partial charge in [-0.25, -0.2) is 4.79 Å². The van der Waals surface area contributed by atoms with Gasteiger partial charge in [-0.3, -0.25) is 14.5 Å². The van der Waals surface area contributed by atoms with Gasteiger partial charge in [-0.05, 0) is 54.1 Å². The summed E-state index contributed by atoms with van der Waals surface area (Å²) >= 11 is 0. The van der Waals surface area contributed by atoms with Crippen molar-refractivity contribution in [1.82, 2.24) is 0 Å². The lowest BCUT2D eigenvalue weighted by Gasteiger charge is -2.26. The highest BCUT2D eigenvalue weighted by Crippen LogP contribution is 2.45. The second-order valence-electron chi connectivity index (χ2n) is 8.02. The molecule has 9 nitrogen and oxygen atoms in total. The molecule has 1 saturated heterocycles. The molecule has 1 aliphatic rings. The highest BCUT2D eigenvalue weighted by Gasteiger charge is 2.47. The molecular weight excluding hydrogens is 478 g/mol. The fourth-order valence-corrected chi connectivity index (χ4v) is 4.32. The molecule has 1 fully saturated rings. The fourth-order valence-electron chi connectivity index (χ4n) is 4.32. The molecule has 3 aromatic carbocycles. The number of amides is 1. The van der Waals surface area contributed by atoms with Crippen molar-refractivity contribution in [2.45, 2.75) is 6.04 Å². The molecule has 0 aliphatic carbocycles. The first-order chi connectivity index (χ1) is 17.9. The van der Waals surface area contributed by atoms with Gasteiger partial charge in [0, 0.05) is 5.69 Å². The van der Waals surface area contributed by atoms with Crippen LogP contribution in [0.3, 0.4) is 0 Å². The average molecular weight is 504 g/mol. The van der Waals surface area contributed by atoms with Crippen LogP contribution in [0.5, 0.6) is 17.2 Å². The van der Waals surface area contributed by atoms with Gasteiger partial charge in [0.1, 0.15) is 28.6 Å². The molecule has 1 heterocycles. The maximum absolute atomic E-state index is 13.5. The van der Waals surface area contributed by atoms with Crippen LogP contribution in [0, 0.1) is 0 Å². The molecule has 37 heavy (non-hydrogen) atoms. The van der Waals surface area contributed by atoms with Gasteiger partial charge in [0.05, 0.1) is 45.6 Å². The van der Waals surface area contributed by atoms with Crippen LogP contribution in [0.4, 0.5) is 5.69 Å². The van der Waals surface area contributed by atoms with E-state index >= 15 is 0 Å². The first kappa shape index (κ1) is 25.3. The molecule has 1 N–H and O–H groups in total. The quantitative estimate of drug-likeness (QED) is 0.222. The van der Waals surface area contributed by atoms with E-state index in [0.29, 0.717) is 17.0 Å². The van der Waals surface area contributed by atoms with Crippen molar-refractivity contribution in [3.8, 4) is 17.2 Å². The third kappa shape index (κ3) is 4.47. The predicted molar refractivity (Wildman–Crippen MR) is 135 cm³/mol. The van der Waals surface area contributed by atoms with Crippen LogP contribution in [0.1, 0.15) is 27.5 Å². The van der Waals surface area contributed by atoms with E-state index in [1.54, 1.807) is 42.5 Å². The molecule has 3 aromatic rings. The van der Waals surface area contributed by atoms with E-state index in [1.165, 1.54) is 57.6 Å². The standard InChI is InChI=1S/C28H25NO8/c1-34-19-8-5-7-17(15-19)24-23(25(30)22-20(35-2)9-6-10-21(22)36-3)26(31)27(32)29(24)18-13-11-16(12-14-18)28(33)37-4/h5-15,24,30H,1-4H3/b25-23+. The van der Waals surface area contributed by atoms with Crippen molar-refractivity contribution in [3.05, 3.63) is 89.0 Å². The van der Waals surface area contributed by atoms with Gasteiger partial charge in [0.2, 0.25) is 0 Å². The number of anilines is 1. The monoisotopic (exact) mass is 503 g/mol. The summed E-state index contributed by atoms with van der Waals surface area (Å²) in [6, 6.07) is 16.8. The Bertz CT molecular complexity index is 1370. The number of aliphatic hydroxyl groups is 1. The molecule has 1 amide bonds. The summed E-state index contributed by atoms with van der Waals surface area (Å²) in [4.78, 5) is 40.1. The SMILES string of the molecule is COC(=O)c1ccc(N2C(=O)C(=O)/C(=C(/O)c3c(OC)cccc3OC)C2c2cccc(OC)c2)cc1. The normalized spacial score (nSPS) is 16.4. The summed E-state index contributed by atoms with van der Waals surface area (Å²) in [6.45, 7) is 0. The number of hydrogen-bond donors (Lipinski definition) is 1. The number of Topliss-reactive ketones (excluding diaryl/α,β-unsaturated/α-hetero) is 1. The number of aliphatic hydroxyl groups excluding tert-OH is 1. The van der Waals surface area contributed by atoms with Crippen LogP contribution < -0.4 is 19.1 Å². The van der Waals surface area contributed by atoms with E-state index in [4.69, 9.17) is 18.9 Å². The van der Waals surface area contributed by atoms with E-state index in [2.05, 4.69) is 0 Å². The van der Waals surface area contributed by atoms with Crippen LogP contribution in [0.25, 0.3) is 5.76 Å². The first-order valence-electron chi connectivity index (χ1n) is 11.2. The molecule has 9 heteroatoms. The van der Waals surface area contributed by atoms with Gasteiger partial charge in [-0.2, -0.15) is 0 Å². The van der Waals surface area contributed by atoms with E-state index in [0.717, 1.165) is 0 Å². The Morgan fingerprint density at radius 2 is 1.46 bits per heavy atom. The Kier molecular flexibility index (Phi) is 7.15. The van der Waals surface area contributed by atoms with Crippen LogP contribution >= 0.6 is 0 Å². The lowest BCUT2D eigenvalue weighted by Crippen LogP contribution is -2.29. The molecule has 1 aliphatic heterocycles. The minimum atomic E-state index is -1.02. The van der Waals surface area contributed by atoms with E-state index < -0.39 is 29.5 Å². The molecule has 0 aromatic heterocycles. The summed E-state index contributed by atoms with van der Waals surface area (Å²) in [5, 5.41) is 11.5. The number of carbonyl (C=O) groups excluding carboxylic acids is 3. The van der Waals surface area contributed by atoms with Gasteiger partial charge in [-0.15, -0.1) is 0 Å². The van der Waals surface area contributed by atoms with Gasteiger partial charge in [0.15, 0.2) is 0 Å². The van der Waals surface area contributed by atoms with Crippen LogP contribution in [0.2, 0.25) is 0 Å². The van der Waals surface area contributed by atoms with Crippen molar-refractivity contribution in [1.29, 1.82) is 0 Å². The molecular formula is C28H25NO8. The second kappa shape index (κ2) is 10.4. The topological polar surface area (TPSA) is 112 Å². The number of nitrogens with zero attached hydrogens (tertiary/aromatic N) is 1. The van der Waals surface area contributed by atoms with Crippen LogP contribution in [0.15, 0.2) is 72.3 Å². The van der Waals surface area contributed by atoms with Gasteiger partial charge in [-0.1, -0.05) is 18.2 Å². The van der Waals surface area contributed by atoms with Crippen LogP contribution in [-0.2, 0) is 14.3 Å². The van der Waals surface area contributed by atoms with Crippen molar-refractivity contribution in [2.75, 3.05) is 33.3 Å². The minimum Gasteiger partial charge on any atom is -0.506 e. The van der Waals surface area contributed by atoms with E-state index in [1.807, 2.05) is 0 Å². The number of hydrogen-bond acceptors (Lipinski definition) is 8. The number of methoxy groups -OCH3 is 4. The number of ketones is 1. The maximum Gasteiger partial charge on any atom is 0.337 e. The summed E-state index contributed by atoms with van der Waals surface area (Å²) in [7, 11) is 5.62. The predicted octanol–water partition coefficient (Wildman–Crippen LogP) is 4.13. The van der Waals surface area contributed by atoms with Crippen LogP contribution in [-0.4, -0.2) is 51.2 Å². The smallest absolute Gasteiger partial charge is 0.337 e. The Balaban J connectivity index is 1.97. The van der Waals surface area contributed by atoms with Crippen molar-refractivity contribution in [2.24, 2.45) is 0 Å². The molecule has 0 radical (unpaired) electrons. The number of ether oxygens (including phenoxy) is 4. The summed E-state index contributed by atoms with van der Waals surface area (Å²) in [5.41, 5.74) is 1.12.